The molecule has 0 aliphatic heterocycles. The molecule has 0 radical (unpaired) electrons. The maximum Gasteiger partial charge on any atom is 0.124 e. The number of aryl methyl sites for hydroxylation is 2. The van der Waals surface area contributed by atoms with Gasteiger partial charge in [-0.1, -0.05) is 24.3 Å². The number of hydrogen-bond donors (Lipinski definition) is 0. The number of nitriles is 1. The van der Waals surface area contributed by atoms with Crippen LogP contribution in [0.15, 0.2) is 24.3 Å². The molecule has 0 atom stereocenters. The summed E-state index contributed by atoms with van der Waals surface area (Å²) in [5.41, 5.74) is 2.87. The highest BCUT2D eigenvalue weighted by atomic mass is 32.1. The fourth-order valence-corrected chi connectivity index (χ4v) is 3.16. The molecule has 18 heavy (non-hydrogen) atoms. The summed E-state index contributed by atoms with van der Waals surface area (Å²) < 4.78 is 0. The molecule has 0 saturated carbocycles. The average Bonchev–Trinajstić information content (AvgIpc) is 2.72. The van der Waals surface area contributed by atoms with Crippen LogP contribution >= 0.6 is 11.3 Å². The van der Waals surface area contributed by atoms with Crippen molar-refractivity contribution < 1.29 is 0 Å². The highest BCUT2D eigenvalue weighted by molar-refractivity contribution is 7.15. The summed E-state index contributed by atoms with van der Waals surface area (Å²) in [6.45, 7) is 7.94. The van der Waals surface area contributed by atoms with Crippen LogP contribution in [0.25, 0.3) is 10.6 Å². The van der Waals surface area contributed by atoms with Crippen LogP contribution in [0.3, 0.4) is 0 Å². The number of aromatic nitrogens is 1. The van der Waals surface area contributed by atoms with Crippen LogP contribution in [0.1, 0.15) is 30.0 Å². The van der Waals surface area contributed by atoms with E-state index in [9.17, 15) is 5.26 Å². The van der Waals surface area contributed by atoms with E-state index in [4.69, 9.17) is 0 Å². The van der Waals surface area contributed by atoms with E-state index in [0.717, 1.165) is 21.1 Å². The molecule has 3 heteroatoms. The van der Waals surface area contributed by atoms with Gasteiger partial charge in [-0.25, -0.2) is 4.98 Å². The van der Waals surface area contributed by atoms with E-state index in [-0.39, 0.29) is 0 Å². The van der Waals surface area contributed by atoms with Crippen LogP contribution in [0.2, 0.25) is 0 Å². The van der Waals surface area contributed by atoms with Gasteiger partial charge in [0.25, 0.3) is 0 Å². The monoisotopic (exact) mass is 256 g/mol. The zero-order valence-corrected chi connectivity index (χ0v) is 11.9. The standard InChI is InChI=1S/C15H16N2S/c1-10-7-5-6-8-12(10)14-17-11(2)13(18-14)15(3,4)9-16/h5-8H,1-4H3. The molecule has 0 saturated heterocycles. The summed E-state index contributed by atoms with van der Waals surface area (Å²) in [6, 6.07) is 10.6. The van der Waals surface area contributed by atoms with Crippen molar-refractivity contribution in [2.24, 2.45) is 0 Å². The molecule has 1 heterocycles. The van der Waals surface area contributed by atoms with Crippen molar-refractivity contribution in [1.82, 2.24) is 4.98 Å². The summed E-state index contributed by atoms with van der Waals surface area (Å²) in [6.07, 6.45) is 0. The molecule has 0 N–H and O–H groups in total. The third-order valence-corrected chi connectivity index (χ3v) is 4.53. The number of rotatable bonds is 2. The molecule has 0 amide bonds. The predicted octanol–water partition coefficient (Wildman–Crippen LogP) is 4.23. The zero-order valence-electron chi connectivity index (χ0n) is 11.1. The molecule has 0 bridgehead atoms. The summed E-state index contributed by atoms with van der Waals surface area (Å²) in [4.78, 5) is 5.68. The van der Waals surface area contributed by atoms with Gasteiger partial charge in [0.1, 0.15) is 5.01 Å². The lowest BCUT2D eigenvalue weighted by Gasteiger charge is -2.12. The van der Waals surface area contributed by atoms with Crippen molar-refractivity contribution in [3.63, 3.8) is 0 Å². The first kappa shape index (κ1) is 12.8. The Morgan fingerprint density at radius 3 is 2.50 bits per heavy atom. The van der Waals surface area contributed by atoms with Crippen LogP contribution in [-0.4, -0.2) is 4.98 Å². The first-order valence-electron chi connectivity index (χ1n) is 5.91. The third kappa shape index (κ3) is 2.16. The Bertz CT molecular complexity index is 618. The molecular weight excluding hydrogens is 240 g/mol. The summed E-state index contributed by atoms with van der Waals surface area (Å²) in [5, 5.41) is 10.2. The van der Waals surface area contributed by atoms with Gasteiger partial charge < -0.3 is 0 Å². The zero-order chi connectivity index (χ0) is 13.3. The lowest BCUT2D eigenvalue weighted by atomic mass is 9.93. The molecule has 1 aromatic heterocycles. The fourth-order valence-electron chi connectivity index (χ4n) is 1.96. The first-order chi connectivity index (χ1) is 8.45. The van der Waals surface area contributed by atoms with E-state index in [1.165, 1.54) is 5.56 Å². The summed E-state index contributed by atoms with van der Waals surface area (Å²) >= 11 is 1.62. The molecule has 92 valence electrons. The molecule has 0 unspecified atom stereocenters. The second kappa shape index (κ2) is 4.55. The van der Waals surface area contributed by atoms with Crippen molar-refractivity contribution in [2.75, 3.05) is 0 Å². The van der Waals surface area contributed by atoms with Gasteiger partial charge in [-0.3, -0.25) is 0 Å². The van der Waals surface area contributed by atoms with E-state index in [1.54, 1.807) is 11.3 Å². The van der Waals surface area contributed by atoms with Gasteiger partial charge in [0.05, 0.1) is 17.2 Å². The molecule has 0 aliphatic carbocycles. The Balaban J connectivity index is 2.55. The van der Waals surface area contributed by atoms with Gasteiger partial charge in [-0.2, -0.15) is 5.26 Å². The average molecular weight is 256 g/mol. The smallest absolute Gasteiger partial charge is 0.124 e. The van der Waals surface area contributed by atoms with Crippen molar-refractivity contribution in [2.45, 2.75) is 33.1 Å². The van der Waals surface area contributed by atoms with E-state index in [0.29, 0.717) is 0 Å². The SMILES string of the molecule is Cc1ccccc1-c1nc(C)c(C(C)(C)C#N)s1. The van der Waals surface area contributed by atoms with Gasteiger partial charge in [0.15, 0.2) is 0 Å². The third-order valence-electron chi connectivity index (χ3n) is 3.02. The second-order valence-corrected chi connectivity index (χ2v) is 5.98. The summed E-state index contributed by atoms with van der Waals surface area (Å²) in [7, 11) is 0. The molecule has 2 rings (SSSR count). The topological polar surface area (TPSA) is 36.7 Å². The Kier molecular flexibility index (Phi) is 3.23. The Morgan fingerprint density at radius 2 is 1.89 bits per heavy atom. The second-order valence-electron chi connectivity index (χ2n) is 4.99. The van der Waals surface area contributed by atoms with E-state index in [1.807, 2.05) is 32.9 Å². The van der Waals surface area contributed by atoms with E-state index < -0.39 is 5.41 Å². The Labute approximate surface area is 112 Å². The van der Waals surface area contributed by atoms with Crippen LogP contribution < -0.4 is 0 Å². The van der Waals surface area contributed by atoms with E-state index in [2.05, 4.69) is 30.1 Å². The molecule has 0 aliphatic rings. The number of nitrogens with zero attached hydrogens (tertiary/aromatic N) is 2. The molecule has 1 aromatic carbocycles. The van der Waals surface area contributed by atoms with Gasteiger partial charge >= 0.3 is 0 Å². The molecule has 0 spiro atoms. The van der Waals surface area contributed by atoms with Crippen LogP contribution in [0, 0.1) is 25.2 Å². The molecule has 2 aromatic rings. The van der Waals surface area contributed by atoms with Crippen LogP contribution in [0.4, 0.5) is 0 Å². The number of hydrogen-bond acceptors (Lipinski definition) is 3. The number of thiazole rings is 1. The quantitative estimate of drug-likeness (QED) is 0.806. The van der Waals surface area contributed by atoms with Gasteiger partial charge in [-0.15, -0.1) is 11.3 Å². The maximum absolute atomic E-state index is 9.24. The molecule has 2 nitrogen and oxygen atoms in total. The van der Waals surface area contributed by atoms with Crippen molar-refractivity contribution >= 4 is 11.3 Å². The molecule has 0 fully saturated rings. The predicted molar refractivity (Wildman–Crippen MR) is 75.7 cm³/mol. The normalized spacial score (nSPS) is 11.3. The Hall–Kier alpha value is -1.66. The molecular formula is C15H16N2S. The fraction of sp³-hybridized carbons (Fsp3) is 0.333. The highest BCUT2D eigenvalue weighted by Crippen LogP contribution is 2.36. The minimum Gasteiger partial charge on any atom is -0.241 e. The van der Waals surface area contributed by atoms with Crippen molar-refractivity contribution in [3.8, 4) is 16.6 Å². The van der Waals surface area contributed by atoms with Gasteiger partial charge in [-0.05, 0) is 33.3 Å². The number of benzene rings is 1. The minimum atomic E-state index is -0.470. The van der Waals surface area contributed by atoms with Crippen molar-refractivity contribution in [1.29, 1.82) is 5.26 Å². The lowest BCUT2D eigenvalue weighted by Crippen LogP contribution is -2.13. The van der Waals surface area contributed by atoms with Gasteiger partial charge in [0, 0.05) is 10.4 Å². The minimum absolute atomic E-state index is 0.470. The summed E-state index contributed by atoms with van der Waals surface area (Å²) in [5.74, 6) is 0. The van der Waals surface area contributed by atoms with Gasteiger partial charge in [0.2, 0.25) is 0 Å². The van der Waals surface area contributed by atoms with E-state index >= 15 is 0 Å². The van der Waals surface area contributed by atoms with Crippen molar-refractivity contribution in [3.05, 3.63) is 40.4 Å². The first-order valence-corrected chi connectivity index (χ1v) is 6.72. The Morgan fingerprint density at radius 1 is 1.22 bits per heavy atom. The lowest BCUT2D eigenvalue weighted by molar-refractivity contribution is 0.695. The van der Waals surface area contributed by atoms with Crippen LogP contribution in [-0.2, 0) is 5.41 Å². The van der Waals surface area contributed by atoms with Crippen LogP contribution in [0.5, 0.6) is 0 Å². The largest absolute Gasteiger partial charge is 0.241 e. The highest BCUT2D eigenvalue weighted by Gasteiger charge is 2.26. The maximum atomic E-state index is 9.24.